The van der Waals surface area contributed by atoms with Crippen molar-refractivity contribution in [1.29, 1.82) is 0 Å². The number of thiol groups is 2. The molecule has 98 valence electrons. The zero-order valence-corrected chi connectivity index (χ0v) is 9.78. The fourth-order valence-electron chi connectivity index (χ4n) is 0. The number of alkyl halides is 3. The average molecular weight is 304 g/mol. The molecule has 0 saturated heterocycles. The number of nitrogens with two attached hydrogens (primary N) is 2. The van der Waals surface area contributed by atoms with Gasteiger partial charge in [-0.2, -0.15) is 21.6 Å². The van der Waals surface area contributed by atoms with Crippen LogP contribution in [0.25, 0.3) is 0 Å². The van der Waals surface area contributed by atoms with Gasteiger partial charge in [-0.15, -0.1) is 0 Å². The zero-order chi connectivity index (χ0) is 14.2. The fraction of sp³-hybridized carbons (Fsp3) is 0.333. The lowest BCUT2D eigenvalue weighted by atomic mass is 11.5. The lowest BCUT2D eigenvalue weighted by Crippen LogP contribution is -2.21. The van der Waals surface area contributed by atoms with Crippen molar-refractivity contribution >= 4 is 45.9 Å². The third-order valence-electron chi connectivity index (χ3n) is 0.292. The molecule has 0 fully saturated rings. The second-order valence-electron chi connectivity index (χ2n) is 1.60. The summed E-state index contributed by atoms with van der Waals surface area (Å²) in [6.45, 7) is 0. The quantitative estimate of drug-likeness (QED) is 0.250. The van der Waals surface area contributed by atoms with Gasteiger partial charge in [0.25, 0.3) is 10.5 Å². The third-order valence-corrected chi connectivity index (χ3v) is 0.877. The molecule has 0 aliphatic rings. The van der Waals surface area contributed by atoms with Gasteiger partial charge in [0, 0.05) is 0 Å². The predicted octanol–water partition coefficient (Wildman–Crippen LogP) is 0.384. The summed E-state index contributed by atoms with van der Waals surface area (Å²) >= 11 is 6.21. The molecular weight excluding hydrogens is 297 g/mol. The van der Waals surface area contributed by atoms with Crippen LogP contribution in [0.3, 0.4) is 0 Å². The number of amides is 2. The van der Waals surface area contributed by atoms with E-state index < -0.39 is 26.1 Å². The molecule has 13 heteroatoms. The fourth-order valence-corrected chi connectivity index (χ4v) is 0. The zero-order valence-electron chi connectivity index (χ0n) is 7.17. The van der Waals surface area contributed by atoms with Crippen molar-refractivity contribution in [2.75, 3.05) is 0 Å². The van der Waals surface area contributed by atoms with Gasteiger partial charge in [0.1, 0.15) is 0 Å². The summed E-state index contributed by atoms with van der Waals surface area (Å²) in [5.74, 6) is 0. The first kappa shape index (κ1) is 20.7. The van der Waals surface area contributed by atoms with E-state index in [4.69, 9.17) is 22.6 Å². The van der Waals surface area contributed by atoms with E-state index in [2.05, 4.69) is 36.7 Å². The first-order chi connectivity index (χ1) is 6.71. The molecular formula is C3H7F3N2O5S3. The first-order valence-electron chi connectivity index (χ1n) is 2.72. The number of halogens is 3. The third kappa shape index (κ3) is 29.2. The van der Waals surface area contributed by atoms with E-state index >= 15 is 0 Å². The molecule has 7 nitrogen and oxygen atoms in total. The highest BCUT2D eigenvalue weighted by Crippen LogP contribution is 2.20. The first-order valence-corrected chi connectivity index (χ1v) is 5.05. The molecule has 2 amide bonds. The van der Waals surface area contributed by atoms with Gasteiger partial charge in [0.05, 0.1) is 0 Å². The number of carbonyl (C=O) groups is 2. The molecule has 0 aliphatic heterocycles. The number of carbonyl (C=O) groups excluding carboxylic acids is 2. The van der Waals surface area contributed by atoms with Crippen LogP contribution in [0.1, 0.15) is 0 Å². The van der Waals surface area contributed by atoms with Crippen molar-refractivity contribution in [1.82, 2.24) is 0 Å². The largest absolute Gasteiger partial charge is 0.522 e. The summed E-state index contributed by atoms with van der Waals surface area (Å²) in [5, 5.41) is -1.28. The minimum Gasteiger partial charge on any atom is -0.361 e. The molecule has 0 aromatic heterocycles. The number of primary amides is 2. The van der Waals surface area contributed by atoms with Crippen molar-refractivity contribution < 1.29 is 35.7 Å². The van der Waals surface area contributed by atoms with Gasteiger partial charge in [-0.25, -0.2) is 0 Å². The Morgan fingerprint density at radius 1 is 1.06 bits per heavy atom. The van der Waals surface area contributed by atoms with E-state index in [1.54, 1.807) is 0 Å². The Bertz CT molecular complexity index is 306. The van der Waals surface area contributed by atoms with Crippen LogP contribution in [0.5, 0.6) is 0 Å². The Hall–Kier alpha value is -0.660. The molecule has 0 unspecified atom stereocenters. The molecule has 0 aliphatic carbocycles. The molecule has 0 saturated carbocycles. The van der Waals surface area contributed by atoms with Crippen LogP contribution >= 0.6 is 25.3 Å². The van der Waals surface area contributed by atoms with E-state index in [0.717, 1.165) is 0 Å². The van der Waals surface area contributed by atoms with Crippen molar-refractivity contribution in [3.63, 3.8) is 0 Å². The van der Waals surface area contributed by atoms with Crippen molar-refractivity contribution in [2.24, 2.45) is 11.5 Å². The maximum atomic E-state index is 10.7. The highest BCUT2D eigenvalue weighted by molar-refractivity contribution is 7.96. The van der Waals surface area contributed by atoms with Crippen LogP contribution in [-0.2, 0) is 10.1 Å². The molecule has 0 atom stereocenters. The Kier molecular flexibility index (Phi) is 11.0. The molecule has 16 heavy (non-hydrogen) atoms. The molecule has 5 N–H and O–H groups in total. The van der Waals surface area contributed by atoms with Gasteiger partial charge in [-0.05, 0) is 0 Å². The van der Waals surface area contributed by atoms with Crippen LogP contribution < -0.4 is 11.5 Å². The van der Waals surface area contributed by atoms with Crippen LogP contribution in [0.2, 0.25) is 0 Å². The molecule has 0 rings (SSSR count). The summed E-state index contributed by atoms with van der Waals surface area (Å²) in [7, 11) is -5.84. The Morgan fingerprint density at radius 3 is 1.12 bits per heavy atom. The second kappa shape index (κ2) is 8.49. The highest BCUT2D eigenvalue weighted by Gasteiger charge is 2.44. The van der Waals surface area contributed by atoms with Gasteiger partial charge in [0.2, 0.25) is 0 Å². The minimum absolute atomic E-state index is 0.639. The Labute approximate surface area is 98.9 Å². The van der Waals surface area contributed by atoms with Gasteiger partial charge < -0.3 is 11.5 Å². The average Bonchev–Trinajstić information content (AvgIpc) is 1.76. The molecule has 0 spiro atoms. The second-order valence-corrected chi connectivity index (χ2v) is 3.89. The number of rotatable bonds is 0. The SMILES string of the molecule is NC(=O)S.NC(=O)S.O=S(=O)(O)C(F)(F)F. The number of hydrogen-bond acceptors (Lipinski definition) is 4. The summed E-state index contributed by atoms with van der Waals surface area (Å²) in [4.78, 5) is 18.2. The molecule has 0 aromatic rings. The topological polar surface area (TPSA) is 141 Å². The normalized spacial score (nSPS) is 10.1. The van der Waals surface area contributed by atoms with Crippen LogP contribution in [0.4, 0.5) is 22.8 Å². The summed E-state index contributed by atoms with van der Waals surface area (Å²) in [6, 6.07) is 0. The van der Waals surface area contributed by atoms with E-state index in [0.29, 0.717) is 0 Å². The molecule has 0 heterocycles. The monoisotopic (exact) mass is 304 g/mol. The lowest BCUT2D eigenvalue weighted by molar-refractivity contribution is -0.0510. The smallest absolute Gasteiger partial charge is 0.361 e. The van der Waals surface area contributed by atoms with Gasteiger partial charge in [0.15, 0.2) is 0 Å². The maximum Gasteiger partial charge on any atom is 0.522 e. The standard InChI is InChI=1S/CHF3O3S.2CH3NOS/c2-1(3,4)8(5,6)7;2*2-1(3)4/h(H,5,6,7);2*(H3,2,3,4). The van der Waals surface area contributed by atoms with Crippen molar-refractivity contribution in [3.8, 4) is 0 Å². The van der Waals surface area contributed by atoms with Crippen LogP contribution in [0.15, 0.2) is 0 Å². The summed E-state index contributed by atoms with van der Waals surface area (Å²) in [5.41, 5.74) is 3.14. The maximum absolute atomic E-state index is 10.7. The van der Waals surface area contributed by atoms with Crippen molar-refractivity contribution in [3.05, 3.63) is 0 Å². The van der Waals surface area contributed by atoms with Gasteiger partial charge in [-0.1, -0.05) is 25.3 Å². The summed E-state index contributed by atoms with van der Waals surface area (Å²) in [6.07, 6.45) is 0. The molecule has 0 aromatic carbocycles. The molecule has 0 bridgehead atoms. The minimum atomic E-state index is -5.84. The predicted molar refractivity (Wildman–Crippen MR) is 54.7 cm³/mol. The summed E-state index contributed by atoms with van der Waals surface area (Å²) < 4.78 is 57.5. The Balaban J connectivity index is -0.000000179. The van der Waals surface area contributed by atoms with Crippen molar-refractivity contribution in [2.45, 2.75) is 5.51 Å². The van der Waals surface area contributed by atoms with Crippen LogP contribution in [0, 0.1) is 0 Å². The highest BCUT2D eigenvalue weighted by atomic mass is 32.2. The number of hydrogen-bond donors (Lipinski definition) is 5. The van der Waals surface area contributed by atoms with Gasteiger partial charge in [-0.3, -0.25) is 14.1 Å². The van der Waals surface area contributed by atoms with Gasteiger partial charge >= 0.3 is 15.6 Å². The van der Waals surface area contributed by atoms with E-state index in [1.807, 2.05) is 0 Å². The molecule has 0 radical (unpaired) electrons. The van der Waals surface area contributed by atoms with E-state index in [1.165, 1.54) is 0 Å². The van der Waals surface area contributed by atoms with E-state index in [9.17, 15) is 13.2 Å². The lowest BCUT2D eigenvalue weighted by Gasteiger charge is -1.97. The van der Waals surface area contributed by atoms with E-state index in [-0.39, 0.29) is 0 Å². The van der Waals surface area contributed by atoms with Crippen LogP contribution in [-0.4, -0.2) is 29.0 Å². The Morgan fingerprint density at radius 2 is 1.12 bits per heavy atom.